The van der Waals surface area contributed by atoms with E-state index in [0.29, 0.717) is 11.4 Å². The van der Waals surface area contributed by atoms with Gasteiger partial charge in [0.1, 0.15) is 12.2 Å². The Hall–Kier alpha value is -4.47. The number of benzene rings is 2. The Balaban J connectivity index is 1.43. The number of imide groups is 1. The minimum atomic E-state index is -1.27. The van der Waals surface area contributed by atoms with Gasteiger partial charge in [-0.3, -0.25) is 33.6 Å². The van der Waals surface area contributed by atoms with Crippen LogP contribution in [0.2, 0.25) is 0 Å². The summed E-state index contributed by atoms with van der Waals surface area (Å²) in [7, 11) is 1.69. The Labute approximate surface area is 194 Å². The first-order valence-electron chi connectivity index (χ1n) is 10.5. The molecule has 0 saturated carbocycles. The largest absolute Gasteiger partial charge is 0.451 e. The molecule has 3 amide bonds. The highest BCUT2D eigenvalue weighted by atomic mass is 16.5. The molecule has 0 unspecified atom stereocenters. The minimum absolute atomic E-state index is 0.0552. The van der Waals surface area contributed by atoms with E-state index >= 15 is 0 Å². The van der Waals surface area contributed by atoms with Gasteiger partial charge in [-0.05, 0) is 38.1 Å². The summed E-state index contributed by atoms with van der Waals surface area (Å²) < 4.78 is 8.14. The van der Waals surface area contributed by atoms with Crippen molar-refractivity contribution in [3.8, 4) is 5.69 Å². The van der Waals surface area contributed by atoms with E-state index in [1.807, 2.05) is 6.07 Å². The lowest BCUT2D eigenvalue weighted by Gasteiger charge is -2.16. The van der Waals surface area contributed by atoms with Crippen LogP contribution in [0.3, 0.4) is 0 Å². The molecule has 0 radical (unpaired) electrons. The van der Waals surface area contributed by atoms with E-state index in [1.54, 1.807) is 55.1 Å². The molecule has 1 aliphatic rings. The Morgan fingerprint density at radius 3 is 2.09 bits per heavy atom. The van der Waals surface area contributed by atoms with Gasteiger partial charge in [-0.1, -0.05) is 30.3 Å². The van der Waals surface area contributed by atoms with Crippen molar-refractivity contribution in [1.82, 2.24) is 14.3 Å². The van der Waals surface area contributed by atoms with Gasteiger partial charge in [0, 0.05) is 7.05 Å². The lowest BCUT2D eigenvalue weighted by molar-refractivity contribution is -0.153. The predicted octanol–water partition coefficient (Wildman–Crippen LogP) is 1.65. The number of anilines is 1. The number of nitrogens with one attached hydrogen (secondary N) is 1. The third kappa shape index (κ3) is 3.90. The molecule has 10 heteroatoms. The molecule has 3 aromatic rings. The maximum Gasteiger partial charge on any atom is 0.326 e. The lowest BCUT2D eigenvalue weighted by Crippen LogP contribution is -2.39. The highest BCUT2D eigenvalue weighted by molar-refractivity contribution is 6.22. The molecule has 0 bridgehead atoms. The summed E-state index contributed by atoms with van der Waals surface area (Å²) in [6.45, 7) is 2.38. The first kappa shape index (κ1) is 22.7. The van der Waals surface area contributed by atoms with Crippen LogP contribution in [0.15, 0.2) is 59.4 Å². The van der Waals surface area contributed by atoms with Crippen LogP contribution in [0.5, 0.6) is 0 Å². The van der Waals surface area contributed by atoms with Crippen LogP contribution in [0.25, 0.3) is 5.69 Å². The predicted molar refractivity (Wildman–Crippen MR) is 122 cm³/mol. The monoisotopic (exact) mass is 462 g/mol. The van der Waals surface area contributed by atoms with Crippen molar-refractivity contribution in [3.05, 3.63) is 81.8 Å². The topological polar surface area (TPSA) is 120 Å². The number of aromatic nitrogens is 2. The maximum absolute atomic E-state index is 12.9. The zero-order valence-corrected chi connectivity index (χ0v) is 18.8. The van der Waals surface area contributed by atoms with Crippen LogP contribution in [-0.4, -0.2) is 50.6 Å². The number of esters is 1. The lowest BCUT2D eigenvalue weighted by atomic mass is 10.1. The van der Waals surface area contributed by atoms with Gasteiger partial charge >= 0.3 is 5.97 Å². The van der Waals surface area contributed by atoms with Crippen LogP contribution in [0, 0.1) is 6.92 Å². The molecule has 0 aliphatic carbocycles. The first-order valence-corrected chi connectivity index (χ1v) is 10.5. The van der Waals surface area contributed by atoms with Crippen molar-refractivity contribution in [2.75, 3.05) is 11.9 Å². The molecular formula is C24H22N4O6. The van der Waals surface area contributed by atoms with E-state index in [4.69, 9.17) is 4.74 Å². The fourth-order valence-corrected chi connectivity index (χ4v) is 3.74. The van der Waals surface area contributed by atoms with Crippen molar-refractivity contribution < 1.29 is 23.9 Å². The summed E-state index contributed by atoms with van der Waals surface area (Å²) in [6.07, 6.45) is -1.27. The van der Waals surface area contributed by atoms with E-state index in [2.05, 4.69) is 5.32 Å². The standard InChI is InChI=1S/C24H22N4O6/c1-14-20(24(33)28(26(14)3)16-9-5-4-6-10-16)25-21(30)15(2)34-19(29)13-27-22(31)17-11-7-8-12-18(17)23(27)32/h4-12,15H,13H2,1-3H3,(H,25,30)/t15-/m0/s1. The fraction of sp³-hybridized carbons (Fsp3) is 0.208. The summed E-state index contributed by atoms with van der Waals surface area (Å²) in [5.74, 6) is -2.85. The number of ether oxygens (including phenoxy) is 1. The quantitative estimate of drug-likeness (QED) is 0.439. The molecule has 174 valence electrons. The Bertz CT molecular complexity index is 1340. The van der Waals surface area contributed by atoms with E-state index in [0.717, 1.165) is 4.90 Å². The van der Waals surface area contributed by atoms with Gasteiger partial charge in [0.2, 0.25) is 0 Å². The van der Waals surface area contributed by atoms with Crippen molar-refractivity contribution in [1.29, 1.82) is 0 Å². The normalized spacial score (nSPS) is 13.6. The number of hydrogen-bond acceptors (Lipinski definition) is 6. The molecule has 0 spiro atoms. The van der Waals surface area contributed by atoms with Gasteiger partial charge in [0.15, 0.2) is 6.10 Å². The molecule has 10 nitrogen and oxygen atoms in total. The van der Waals surface area contributed by atoms with Gasteiger partial charge in [0.05, 0.1) is 22.5 Å². The number of hydrogen-bond donors (Lipinski definition) is 1. The number of carbonyl (C=O) groups excluding carboxylic acids is 4. The number of carbonyl (C=O) groups is 4. The average molecular weight is 462 g/mol. The molecule has 2 aromatic carbocycles. The summed E-state index contributed by atoms with van der Waals surface area (Å²) in [6, 6.07) is 15.2. The summed E-state index contributed by atoms with van der Waals surface area (Å²) in [5, 5.41) is 2.52. The third-order valence-corrected chi connectivity index (χ3v) is 5.65. The number of amides is 3. The Morgan fingerprint density at radius 2 is 1.50 bits per heavy atom. The van der Waals surface area contributed by atoms with Crippen LogP contribution in [0.1, 0.15) is 33.3 Å². The van der Waals surface area contributed by atoms with Gasteiger partial charge in [0.25, 0.3) is 23.3 Å². The summed E-state index contributed by atoms with van der Waals surface area (Å²) >= 11 is 0. The highest BCUT2D eigenvalue weighted by Crippen LogP contribution is 2.22. The Kier molecular flexibility index (Phi) is 5.89. The van der Waals surface area contributed by atoms with Crippen LogP contribution in [0.4, 0.5) is 5.69 Å². The SMILES string of the molecule is Cc1c(NC(=O)[C@H](C)OC(=O)CN2C(=O)c3ccccc3C2=O)c(=O)n(-c2ccccc2)n1C. The second-order valence-corrected chi connectivity index (χ2v) is 7.80. The first-order chi connectivity index (χ1) is 16.2. The zero-order chi connectivity index (χ0) is 24.6. The highest BCUT2D eigenvalue weighted by Gasteiger charge is 2.37. The zero-order valence-electron chi connectivity index (χ0n) is 18.8. The van der Waals surface area contributed by atoms with Gasteiger partial charge in [-0.2, -0.15) is 0 Å². The molecule has 2 heterocycles. The number of nitrogens with zero attached hydrogens (tertiary/aromatic N) is 3. The van der Waals surface area contributed by atoms with Crippen LogP contribution >= 0.6 is 0 Å². The second kappa shape index (κ2) is 8.81. The van der Waals surface area contributed by atoms with Crippen molar-refractivity contribution >= 4 is 29.4 Å². The van der Waals surface area contributed by atoms with E-state index in [9.17, 15) is 24.0 Å². The Morgan fingerprint density at radius 1 is 0.941 bits per heavy atom. The maximum atomic E-state index is 12.9. The molecule has 1 N–H and O–H groups in total. The molecule has 1 atom stereocenters. The van der Waals surface area contributed by atoms with Crippen LogP contribution in [-0.2, 0) is 21.4 Å². The molecule has 34 heavy (non-hydrogen) atoms. The van der Waals surface area contributed by atoms with E-state index < -0.39 is 41.9 Å². The molecule has 0 saturated heterocycles. The number of para-hydroxylation sites is 1. The van der Waals surface area contributed by atoms with E-state index in [1.165, 1.54) is 23.7 Å². The van der Waals surface area contributed by atoms with Crippen LogP contribution < -0.4 is 10.9 Å². The second-order valence-electron chi connectivity index (χ2n) is 7.80. The van der Waals surface area contributed by atoms with Gasteiger partial charge < -0.3 is 10.1 Å². The molecule has 4 rings (SSSR count). The number of fused-ring (bicyclic) bond motifs is 1. The number of rotatable bonds is 6. The van der Waals surface area contributed by atoms with E-state index in [-0.39, 0.29) is 16.8 Å². The van der Waals surface area contributed by atoms with Gasteiger partial charge in [-0.15, -0.1) is 0 Å². The molecule has 1 aliphatic heterocycles. The fourth-order valence-electron chi connectivity index (χ4n) is 3.74. The van der Waals surface area contributed by atoms with Crippen molar-refractivity contribution in [2.45, 2.75) is 20.0 Å². The minimum Gasteiger partial charge on any atom is -0.451 e. The summed E-state index contributed by atoms with van der Waals surface area (Å²) in [4.78, 5) is 63.6. The average Bonchev–Trinajstić information content (AvgIpc) is 3.19. The molecule has 0 fully saturated rings. The molecule has 1 aromatic heterocycles. The smallest absolute Gasteiger partial charge is 0.326 e. The third-order valence-electron chi connectivity index (χ3n) is 5.65. The van der Waals surface area contributed by atoms with Crippen molar-refractivity contribution in [3.63, 3.8) is 0 Å². The molecular weight excluding hydrogens is 440 g/mol. The van der Waals surface area contributed by atoms with Crippen molar-refractivity contribution in [2.24, 2.45) is 7.05 Å². The van der Waals surface area contributed by atoms with Gasteiger partial charge in [-0.25, -0.2) is 4.68 Å². The summed E-state index contributed by atoms with van der Waals surface area (Å²) in [5.41, 5.74) is 1.16.